The van der Waals surface area contributed by atoms with Crippen molar-refractivity contribution in [2.24, 2.45) is 0 Å². The first kappa shape index (κ1) is 20.6. The molecule has 2 amide bonds. The van der Waals surface area contributed by atoms with Crippen LogP contribution in [-0.4, -0.2) is 54.2 Å². The highest BCUT2D eigenvalue weighted by atomic mass is 79.9. The molecule has 2 aliphatic rings. The van der Waals surface area contributed by atoms with E-state index < -0.39 is 18.1 Å². The molecule has 2 aliphatic heterocycles. The summed E-state index contributed by atoms with van der Waals surface area (Å²) in [5.74, 6) is -0.422. The molecule has 0 saturated carbocycles. The zero-order valence-electron chi connectivity index (χ0n) is 15.8. The van der Waals surface area contributed by atoms with Gasteiger partial charge in [0.05, 0.1) is 6.04 Å². The van der Waals surface area contributed by atoms with Crippen LogP contribution in [0.1, 0.15) is 29.0 Å². The average molecular weight is 484 g/mol. The van der Waals surface area contributed by atoms with Gasteiger partial charge in [0.1, 0.15) is 12.0 Å². The molecule has 3 N–H and O–H groups in total. The highest BCUT2D eigenvalue weighted by Crippen LogP contribution is 2.44. The highest BCUT2D eigenvalue weighted by molar-refractivity contribution is 9.10. The molecule has 9 heteroatoms. The second kappa shape index (κ2) is 8.20. The molecule has 1 fully saturated rings. The number of nitrogens with one attached hydrogen (secondary N) is 2. The number of fused-ring (bicyclic) bond motifs is 1. The molecular weight excluding hydrogens is 463 g/mol. The minimum atomic E-state index is -0.967. The van der Waals surface area contributed by atoms with E-state index in [0.29, 0.717) is 40.5 Å². The molecule has 0 bridgehead atoms. The third-order valence-corrected chi connectivity index (χ3v) is 6.19. The van der Waals surface area contributed by atoms with Crippen molar-refractivity contribution in [1.29, 1.82) is 0 Å². The number of hydrogen-bond donors (Lipinski definition) is 3. The van der Waals surface area contributed by atoms with Crippen LogP contribution in [0.25, 0.3) is 0 Å². The maximum atomic E-state index is 13.9. The minimum absolute atomic E-state index is 0.205. The smallest absolute Gasteiger partial charge is 0.321 e. The quantitative estimate of drug-likeness (QED) is 0.609. The number of anilines is 1. The molecule has 0 spiro atoms. The van der Waals surface area contributed by atoms with Gasteiger partial charge in [-0.3, -0.25) is 5.32 Å². The van der Waals surface area contributed by atoms with Crippen molar-refractivity contribution in [3.63, 3.8) is 0 Å². The average Bonchev–Trinajstić information content (AvgIpc) is 3.00. The van der Waals surface area contributed by atoms with Crippen LogP contribution in [0.5, 0.6) is 0 Å². The number of likely N-dealkylation sites (N-methyl/N-ethyl adjacent to an activating group) is 1. The van der Waals surface area contributed by atoms with Gasteiger partial charge in [0.15, 0.2) is 0 Å². The fraction of sp³-hybridized carbons (Fsp3) is 0.350. The van der Waals surface area contributed by atoms with Gasteiger partial charge in [0, 0.05) is 52.5 Å². The molecular formula is C20H21BrClFN4O2. The van der Waals surface area contributed by atoms with E-state index in [9.17, 15) is 14.3 Å². The Morgan fingerprint density at radius 1 is 1.24 bits per heavy atom. The molecule has 4 rings (SSSR count). The molecule has 6 nitrogen and oxygen atoms in total. The van der Waals surface area contributed by atoms with Crippen LogP contribution in [0.2, 0.25) is 5.02 Å². The second-order valence-electron chi connectivity index (χ2n) is 7.34. The van der Waals surface area contributed by atoms with Gasteiger partial charge in [-0.25, -0.2) is 9.18 Å². The fourth-order valence-corrected chi connectivity index (χ4v) is 4.51. The maximum Gasteiger partial charge on any atom is 0.321 e. The molecule has 1 saturated heterocycles. The van der Waals surface area contributed by atoms with Crippen molar-refractivity contribution < 1.29 is 14.3 Å². The Morgan fingerprint density at radius 3 is 2.69 bits per heavy atom. The number of aliphatic hydroxyl groups excluding tert-OH is 1. The molecule has 2 atom stereocenters. The first-order chi connectivity index (χ1) is 13.8. The topological polar surface area (TPSA) is 67.8 Å². The Hall–Kier alpha value is -1.71. The summed E-state index contributed by atoms with van der Waals surface area (Å²) >= 11 is 9.76. The van der Waals surface area contributed by atoms with Crippen molar-refractivity contribution >= 4 is 39.2 Å². The van der Waals surface area contributed by atoms with Crippen LogP contribution in [0, 0.1) is 5.82 Å². The molecule has 29 heavy (non-hydrogen) atoms. The van der Waals surface area contributed by atoms with Gasteiger partial charge in [0.25, 0.3) is 0 Å². The van der Waals surface area contributed by atoms with Gasteiger partial charge in [-0.05, 0) is 42.9 Å². The number of urea groups is 1. The summed E-state index contributed by atoms with van der Waals surface area (Å²) in [5.41, 5.74) is 2.34. The number of hydrogen-bond acceptors (Lipinski definition) is 4. The molecule has 0 radical (unpaired) electrons. The summed E-state index contributed by atoms with van der Waals surface area (Å²) in [6, 6.07) is 6.92. The van der Waals surface area contributed by atoms with Crippen LogP contribution < -0.4 is 10.6 Å². The predicted molar refractivity (Wildman–Crippen MR) is 114 cm³/mol. The lowest BCUT2D eigenvalue weighted by Crippen LogP contribution is -2.48. The predicted octanol–water partition coefficient (Wildman–Crippen LogP) is 3.70. The third-order valence-electron chi connectivity index (χ3n) is 5.39. The van der Waals surface area contributed by atoms with E-state index in [1.807, 2.05) is 7.05 Å². The Morgan fingerprint density at radius 2 is 1.97 bits per heavy atom. The molecule has 0 aromatic heterocycles. The first-order valence-corrected chi connectivity index (χ1v) is 10.5. The zero-order chi connectivity index (χ0) is 20.7. The summed E-state index contributed by atoms with van der Waals surface area (Å²) in [7, 11) is 2.02. The van der Waals surface area contributed by atoms with Crippen molar-refractivity contribution in [3.05, 3.63) is 62.3 Å². The molecule has 2 heterocycles. The summed E-state index contributed by atoms with van der Waals surface area (Å²) in [6.07, 6.45) is -0.967. The number of carbonyl (C=O) groups is 1. The van der Waals surface area contributed by atoms with Gasteiger partial charge in [-0.15, -0.1) is 0 Å². The molecule has 154 valence electrons. The van der Waals surface area contributed by atoms with Crippen LogP contribution in [0.3, 0.4) is 0 Å². The van der Waals surface area contributed by atoms with Crippen LogP contribution >= 0.6 is 27.5 Å². The standard InChI is InChI=1S/C20H21BrClFN4O2/c1-26-4-6-27(7-5-26)20(29)24-16-9-11(21)8-14-17(16)18(25-19(14)28)13-10-12(23)2-3-15(13)22/h2-3,8-10,18-19,25,28H,4-7H2,1H3,(H,24,29). The number of nitrogens with zero attached hydrogens (tertiary/aromatic N) is 2. The van der Waals surface area contributed by atoms with Gasteiger partial charge in [-0.1, -0.05) is 27.5 Å². The van der Waals surface area contributed by atoms with Gasteiger partial charge in [0.2, 0.25) is 0 Å². The number of benzene rings is 2. The van der Waals surface area contributed by atoms with E-state index in [0.717, 1.165) is 17.6 Å². The van der Waals surface area contributed by atoms with E-state index in [-0.39, 0.29) is 6.03 Å². The lowest BCUT2D eigenvalue weighted by Gasteiger charge is -2.32. The lowest BCUT2D eigenvalue weighted by molar-refractivity contribution is 0.146. The largest absolute Gasteiger partial charge is 0.374 e. The Bertz CT molecular complexity index is 952. The number of piperazine rings is 1. The molecule has 2 aromatic carbocycles. The Kier molecular flexibility index (Phi) is 5.81. The second-order valence-corrected chi connectivity index (χ2v) is 8.67. The Labute approximate surface area is 181 Å². The van der Waals surface area contributed by atoms with Gasteiger partial charge in [-0.2, -0.15) is 0 Å². The van der Waals surface area contributed by atoms with E-state index in [1.54, 1.807) is 17.0 Å². The summed E-state index contributed by atoms with van der Waals surface area (Å²) in [5, 5.41) is 16.9. The summed E-state index contributed by atoms with van der Waals surface area (Å²) < 4.78 is 14.6. The Balaban J connectivity index is 1.70. The summed E-state index contributed by atoms with van der Waals surface area (Å²) in [6.45, 7) is 2.90. The number of carbonyl (C=O) groups excluding carboxylic acids is 1. The van der Waals surface area contributed by atoms with Crippen molar-refractivity contribution in [2.75, 3.05) is 38.5 Å². The number of aliphatic hydroxyl groups is 1. The fourth-order valence-electron chi connectivity index (χ4n) is 3.81. The highest BCUT2D eigenvalue weighted by Gasteiger charge is 2.35. The van der Waals surface area contributed by atoms with E-state index >= 15 is 0 Å². The van der Waals surface area contributed by atoms with Crippen LogP contribution in [0.15, 0.2) is 34.8 Å². The zero-order valence-corrected chi connectivity index (χ0v) is 18.1. The van der Waals surface area contributed by atoms with Crippen LogP contribution in [0.4, 0.5) is 14.9 Å². The van der Waals surface area contributed by atoms with Crippen molar-refractivity contribution in [3.8, 4) is 0 Å². The van der Waals surface area contributed by atoms with E-state index in [4.69, 9.17) is 11.6 Å². The van der Waals surface area contributed by atoms with Crippen molar-refractivity contribution in [2.45, 2.75) is 12.3 Å². The maximum absolute atomic E-state index is 13.9. The van der Waals surface area contributed by atoms with Gasteiger partial charge >= 0.3 is 6.03 Å². The SMILES string of the molecule is CN1CCN(C(=O)Nc2cc(Br)cc3c2C(c2cc(F)ccc2Cl)NC3O)CC1. The molecule has 2 aromatic rings. The molecule has 2 unspecified atom stereocenters. The third kappa shape index (κ3) is 4.13. The van der Waals surface area contributed by atoms with E-state index in [2.05, 4.69) is 31.5 Å². The molecule has 0 aliphatic carbocycles. The first-order valence-electron chi connectivity index (χ1n) is 9.30. The minimum Gasteiger partial charge on any atom is -0.374 e. The number of amides is 2. The monoisotopic (exact) mass is 482 g/mol. The number of rotatable bonds is 2. The van der Waals surface area contributed by atoms with Crippen molar-refractivity contribution in [1.82, 2.24) is 15.1 Å². The summed E-state index contributed by atoms with van der Waals surface area (Å²) in [4.78, 5) is 16.8. The normalized spacial score (nSPS) is 21.9. The van der Waals surface area contributed by atoms with E-state index in [1.165, 1.54) is 18.2 Å². The lowest BCUT2D eigenvalue weighted by atomic mass is 9.96. The number of halogens is 3. The van der Waals surface area contributed by atoms with Gasteiger partial charge < -0.3 is 20.2 Å². The van der Waals surface area contributed by atoms with Crippen LogP contribution in [-0.2, 0) is 0 Å².